The summed E-state index contributed by atoms with van der Waals surface area (Å²) in [6, 6.07) is 4.77. The van der Waals surface area contributed by atoms with Gasteiger partial charge >= 0.3 is 0 Å². The van der Waals surface area contributed by atoms with Gasteiger partial charge < -0.3 is 20.4 Å². The summed E-state index contributed by atoms with van der Waals surface area (Å²) in [4.78, 5) is 16.6. The Bertz CT molecular complexity index is 824. The van der Waals surface area contributed by atoms with Crippen LogP contribution in [0.1, 0.15) is 51.2 Å². The zero-order chi connectivity index (χ0) is 20.5. The minimum Gasteiger partial charge on any atom is -0.487 e. The van der Waals surface area contributed by atoms with E-state index in [0.29, 0.717) is 6.04 Å². The fourth-order valence-corrected chi connectivity index (χ4v) is 4.32. The first-order valence-corrected chi connectivity index (χ1v) is 10.8. The van der Waals surface area contributed by atoms with E-state index in [1.807, 2.05) is 23.2 Å². The van der Waals surface area contributed by atoms with E-state index < -0.39 is 0 Å². The van der Waals surface area contributed by atoms with Gasteiger partial charge in [-0.1, -0.05) is 6.92 Å². The van der Waals surface area contributed by atoms with Crippen LogP contribution in [0.4, 0.5) is 5.69 Å². The first-order chi connectivity index (χ1) is 14.0. The smallest absolute Gasteiger partial charge is 0.224 e. The third-order valence-electron chi connectivity index (χ3n) is 6.26. The monoisotopic (exact) mass is 396 g/mol. The van der Waals surface area contributed by atoms with Crippen molar-refractivity contribution in [1.82, 2.24) is 10.2 Å². The molecular weight excluding hydrogens is 364 g/mol. The molecular formula is C23H32N4O2. The molecule has 29 heavy (non-hydrogen) atoms. The highest BCUT2D eigenvalue weighted by Crippen LogP contribution is 2.42. The number of likely N-dealkylation sites (tertiary alicyclic amines) is 1. The summed E-state index contributed by atoms with van der Waals surface area (Å²) in [5.41, 5.74) is 3.83. The molecule has 1 aliphatic carbocycles. The second-order valence-electron chi connectivity index (χ2n) is 8.49. The lowest BCUT2D eigenvalue weighted by molar-refractivity contribution is -0.117. The van der Waals surface area contributed by atoms with Crippen molar-refractivity contribution < 1.29 is 9.53 Å². The Morgan fingerprint density at radius 1 is 1.31 bits per heavy atom. The van der Waals surface area contributed by atoms with Gasteiger partial charge in [0.1, 0.15) is 11.9 Å². The number of nitrogens with one attached hydrogen (secondary N) is 2. The molecule has 2 aliphatic heterocycles. The Balaban J connectivity index is 1.73. The molecule has 0 aromatic heterocycles. The number of hydrogen-bond acceptors (Lipinski definition) is 5. The number of anilines is 1. The average Bonchev–Trinajstić information content (AvgIpc) is 3.49. The molecule has 156 valence electrons. The van der Waals surface area contributed by atoms with Crippen LogP contribution in [0, 0.1) is 5.41 Å². The van der Waals surface area contributed by atoms with Crippen molar-refractivity contribution in [1.29, 1.82) is 5.41 Å². The molecule has 1 saturated heterocycles. The van der Waals surface area contributed by atoms with Gasteiger partial charge in [0.25, 0.3) is 0 Å². The van der Waals surface area contributed by atoms with Crippen LogP contribution < -0.4 is 15.0 Å². The molecule has 1 saturated carbocycles. The van der Waals surface area contributed by atoms with Crippen molar-refractivity contribution in [3.05, 3.63) is 29.5 Å². The van der Waals surface area contributed by atoms with E-state index in [-0.39, 0.29) is 18.1 Å². The number of carbonyl (C=O) groups excluding carboxylic acids is 1. The number of fused-ring (bicyclic) bond motifs is 1. The zero-order valence-corrected chi connectivity index (χ0v) is 17.7. The second kappa shape index (κ2) is 8.19. The molecule has 0 radical (unpaired) electrons. The van der Waals surface area contributed by atoms with Gasteiger partial charge in [-0.2, -0.15) is 0 Å². The van der Waals surface area contributed by atoms with Gasteiger partial charge in [-0.3, -0.25) is 9.69 Å². The van der Waals surface area contributed by atoms with E-state index in [1.165, 1.54) is 19.1 Å². The lowest BCUT2D eigenvalue weighted by Gasteiger charge is -2.41. The lowest BCUT2D eigenvalue weighted by atomic mass is 9.91. The second-order valence-corrected chi connectivity index (χ2v) is 8.49. The largest absolute Gasteiger partial charge is 0.487 e. The van der Waals surface area contributed by atoms with E-state index in [2.05, 4.69) is 24.1 Å². The van der Waals surface area contributed by atoms with Crippen molar-refractivity contribution in [2.75, 3.05) is 24.5 Å². The van der Waals surface area contributed by atoms with Crippen LogP contribution in [0.15, 0.2) is 18.3 Å². The summed E-state index contributed by atoms with van der Waals surface area (Å²) in [7, 11) is 0. The number of nitrogens with zero attached hydrogens (tertiary/aromatic N) is 2. The third-order valence-corrected chi connectivity index (χ3v) is 6.26. The molecule has 6 nitrogen and oxygen atoms in total. The van der Waals surface area contributed by atoms with E-state index >= 15 is 0 Å². The third kappa shape index (κ3) is 4.04. The lowest BCUT2D eigenvalue weighted by Crippen LogP contribution is -2.53. The Kier molecular flexibility index (Phi) is 5.63. The predicted octanol–water partition coefficient (Wildman–Crippen LogP) is 3.20. The fraction of sp³-hybridized carbons (Fsp3) is 0.565. The van der Waals surface area contributed by atoms with Crippen LogP contribution in [0.5, 0.6) is 5.75 Å². The molecule has 6 heteroatoms. The van der Waals surface area contributed by atoms with E-state index in [0.717, 1.165) is 60.6 Å². The van der Waals surface area contributed by atoms with Crippen LogP contribution in [0.2, 0.25) is 0 Å². The minimum atomic E-state index is 0.0659. The highest BCUT2D eigenvalue weighted by atomic mass is 16.5. The topological polar surface area (TPSA) is 68.7 Å². The maximum atomic E-state index is 12.3. The maximum absolute atomic E-state index is 12.3. The normalized spacial score (nSPS) is 22.7. The number of allylic oxidation sites excluding steroid dienone is 1. The van der Waals surface area contributed by atoms with Crippen molar-refractivity contribution in [2.45, 2.75) is 64.6 Å². The van der Waals surface area contributed by atoms with Gasteiger partial charge in [0.2, 0.25) is 5.91 Å². The summed E-state index contributed by atoms with van der Waals surface area (Å²) >= 11 is 0. The van der Waals surface area contributed by atoms with Gasteiger partial charge in [-0.15, -0.1) is 0 Å². The Labute approximate surface area is 173 Å². The van der Waals surface area contributed by atoms with Crippen molar-refractivity contribution in [3.63, 3.8) is 0 Å². The molecule has 2 fully saturated rings. The van der Waals surface area contributed by atoms with Crippen LogP contribution >= 0.6 is 0 Å². The maximum Gasteiger partial charge on any atom is 0.224 e. The number of rotatable bonds is 7. The average molecular weight is 397 g/mol. The summed E-state index contributed by atoms with van der Waals surface area (Å²) in [5, 5.41) is 11.4. The molecule has 0 spiro atoms. The van der Waals surface area contributed by atoms with E-state index in [9.17, 15) is 4.79 Å². The SMILES string of the molecule is CCN1CC(Oc2c(/C(C=N)=C/NC3CC3)ccc3c2CCC(C)N3C(C)=O)C1. The quantitative estimate of drug-likeness (QED) is 0.695. The van der Waals surface area contributed by atoms with Gasteiger partial charge in [-0.05, 0) is 51.3 Å². The predicted molar refractivity (Wildman–Crippen MR) is 117 cm³/mol. The standard InChI is InChI=1S/C23H32N4O2/c1-4-26-13-19(14-26)29-23-20(17(11-24)12-25-18-6-7-18)9-10-22-21(23)8-5-15(2)27(22)16(3)28/h9-12,15,18-19,24-25H,4-8,13-14H2,1-3H3/b17-12+,24-11?. The van der Waals surface area contributed by atoms with Crippen LogP contribution in [-0.4, -0.2) is 54.8 Å². The highest BCUT2D eigenvalue weighted by molar-refractivity contribution is 6.10. The molecule has 2 heterocycles. The number of likely N-dealkylation sites (N-methyl/N-ethyl adjacent to an activating group) is 1. The zero-order valence-electron chi connectivity index (χ0n) is 17.7. The Hall–Kier alpha value is -2.34. The number of hydrogen-bond donors (Lipinski definition) is 2. The molecule has 0 bridgehead atoms. The van der Waals surface area contributed by atoms with Crippen LogP contribution in [-0.2, 0) is 11.2 Å². The molecule has 1 aromatic carbocycles. The first kappa shape index (κ1) is 20.0. The number of amides is 1. The molecule has 1 amide bonds. The number of carbonyl (C=O) groups is 1. The molecule has 4 rings (SSSR count). The number of benzene rings is 1. The van der Waals surface area contributed by atoms with Crippen molar-refractivity contribution in [2.24, 2.45) is 0 Å². The summed E-state index contributed by atoms with van der Waals surface area (Å²) in [5.74, 6) is 0.921. The van der Waals surface area contributed by atoms with Gasteiger partial charge in [0, 0.05) is 61.2 Å². The number of ether oxygens (including phenoxy) is 1. The summed E-state index contributed by atoms with van der Waals surface area (Å²) < 4.78 is 6.53. The molecule has 1 aromatic rings. The van der Waals surface area contributed by atoms with E-state index in [4.69, 9.17) is 10.1 Å². The van der Waals surface area contributed by atoms with Gasteiger partial charge in [0.05, 0.1) is 5.69 Å². The molecule has 2 N–H and O–H groups in total. The van der Waals surface area contributed by atoms with Crippen molar-refractivity contribution >= 4 is 23.4 Å². The van der Waals surface area contributed by atoms with Crippen molar-refractivity contribution in [3.8, 4) is 5.75 Å². The fourth-order valence-electron chi connectivity index (χ4n) is 4.32. The van der Waals surface area contributed by atoms with Crippen LogP contribution in [0.3, 0.4) is 0 Å². The summed E-state index contributed by atoms with van der Waals surface area (Å²) in [6.45, 7) is 8.79. The first-order valence-electron chi connectivity index (χ1n) is 10.8. The highest BCUT2D eigenvalue weighted by Gasteiger charge is 2.33. The Morgan fingerprint density at radius 2 is 2.07 bits per heavy atom. The molecule has 1 atom stereocenters. The van der Waals surface area contributed by atoms with Gasteiger partial charge in [-0.25, -0.2) is 0 Å². The van der Waals surface area contributed by atoms with Crippen LogP contribution in [0.25, 0.3) is 5.57 Å². The minimum absolute atomic E-state index is 0.0659. The Morgan fingerprint density at radius 3 is 2.69 bits per heavy atom. The van der Waals surface area contributed by atoms with E-state index in [1.54, 1.807) is 6.92 Å². The molecule has 1 unspecified atom stereocenters. The van der Waals surface area contributed by atoms with Gasteiger partial charge in [0.15, 0.2) is 0 Å². The summed E-state index contributed by atoms with van der Waals surface area (Å²) in [6.07, 6.45) is 7.69. The molecule has 3 aliphatic rings.